The van der Waals surface area contributed by atoms with Crippen LogP contribution in [-0.4, -0.2) is 37.0 Å². The first kappa shape index (κ1) is 9.76. The molecule has 0 radical (unpaired) electrons. The number of aromatic nitrogens is 6. The number of nitrogens with one attached hydrogen (secondary N) is 2. The molecule has 17 heavy (non-hydrogen) atoms. The van der Waals surface area contributed by atoms with Crippen molar-refractivity contribution in [1.82, 2.24) is 29.9 Å². The fourth-order valence-corrected chi connectivity index (χ4v) is 1.64. The maximum absolute atomic E-state index is 4.39. The van der Waals surface area contributed by atoms with E-state index in [-0.39, 0.29) is 0 Å². The molecule has 0 aliphatic heterocycles. The van der Waals surface area contributed by atoms with Crippen LogP contribution in [0.4, 0.5) is 5.95 Å². The largest absolute Gasteiger partial charge is 0.357 e. The molecule has 0 bridgehead atoms. The van der Waals surface area contributed by atoms with Crippen molar-refractivity contribution in [3.05, 3.63) is 24.2 Å². The van der Waals surface area contributed by atoms with Gasteiger partial charge in [0.15, 0.2) is 11.5 Å². The number of hydrogen-bond acceptors (Lipinski definition) is 5. The molecule has 3 heterocycles. The highest BCUT2D eigenvalue weighted by atomic mass is 15.3. The first-order valence-corrected chi connectivity index (χ1v) is 5.19. The third-order valence-electron chi connectivity index (χ3n) is 2.45. The molecule has 0 amide bonds. The molecule has 0 aromatic carbocycles. The molecule has 3 aromatic heterocycles. The zero-order valence-corrected chi connectivity index (χ0v) is 9.47. The van der Waals surface area contributed by atoms with Crippen LogP contribution >= 0.6 is 0 Å². The molecule has 2 N–H and O–H groups in total. The van der Waals surface area contributed by atoms with Crippen molar-refractivity contribution in [1.29, 1.82) is 0 Å². The minimum Gasteiger partial charge on any atom is -0.357 e. The van der Waals surface area contributed by atoms with Crippen molar-refractivity contribution in [2.24, 2.45) is 0 Å². The zero-order chi connectivity index (χ0) is 11.8. The smallest absolute Gasteiger partial charge is 0.226 e. The van der Waals surface area contributed by atoms with Gasteiger partial charge in [0, 0.05) is 13.2 Å². The lowest BCUT2D eigenvalue weighted by atomic mass is 10.4. The van der Waals surface area contributed by atoms with Crippen LogP contribution in [0.2, 0.25) is 0 Å². The molecule has 0 saturated heterocycles. The van der Waals surface area contributed by atoms with Crippen molar-refractivity contribution in [3.63, 3.8) is 0 Å². The molecule has 0 saturated carbocycles. The van der Waals surface area contributed by atoms with Crippen LogP contribution in [0.1, 0.15) is 5.69 Å². The Morgan fingerprint density at radius 1 is 1.35 bits per heavy atom. The Kier molecular flexibility index (Phi) is 2.04. The molecule has 7 nitrogen and oxygen atoms in total. The highest BCUT2D eigenvalue weighted by Gasteiger charge is 2.11. The Bertz CT molecular complexity index is 666. The summed E-state index contributed by atoms with van der Waals surface area (Å²) in [4.78, 5) is 8.66. The van der Waals surface area contributed by atoms with Gasteiger partial charge in [-0.3, -0.25) is 5.10 Å². The number of aryl methyl sites for hydroxylation is 1. The first-order valence-electron chi connectivity index (χ1n) is 5.19. The van der Waals surface area contributed by atoms with Crippen LogP contribution in [0.3, 0.4) is 0 Å². The fourth-order valence-electron chi connectivity index (χ4n) is 1.64. The SMILES string of the molecule is CNc1nc(-n2ccc(C)n2)c2cn[nH]c2n1. The first-order chi connectivity index (χ1) is 8.28. The zero-order valence-electron chi connectivity index (χ0n) is 9.47. The van der Waals surface area contributed by atoms with Crippen molar-refractivity contribution in [3.8, 4) is 5.82 Å². The second kappa shape index (κ2) is 3.55. The van der Waals surface area contributed by atoms with E-state index in [0.717, 1.165) is 11.1 Å². The van der Waals surface area contributed by atoms with Crippen LogP contribution in [-0.2, 0) is 0 Å². The third-order valence-corrected chi connectivity index (χ3v) is 2.45. The van der Waals surface area contributed by atoms with Gasteiger partial charge >= 0.3 is 0 Å². The molecule has 0 unspecified atom stereocenters. The van der Waals surface area contributed by atoms with Crippen LogP contribution in [0, 0.1) is 6.92 Å². The van der Waals surface area contributed by atoms with Crippen molar-refractivity contribution in [2.75, 3.05) is 12.4 Å². The van der Waals surface area contributed by atoms with Crippen molar-refractivity contribution >= 4 is 17.0 Å². The van der Waals surface area contributed by atoms with Crippen LogP contribution in [0.25, 0.3) is 16.9 Å². The van der Waals surface area contributed by atoms with Gasteiger partial charge in [-0.05, 0) is 13.0 Å². The normalized spacial score (nSPS) is 10.9. The summed E-state index contributed by atoms with van der Waals surface area (Å²) in [6, 6.07) is 1.92. The summed E-state index contributed by atoms with van der Waals surface area (Å²) in [5.74, 6) is 1.24. The molecule has 0 aliphatic carbocycles. The maximum Gasteiger partial charge on any atom is 0.226 e. The second-order valence-electron chi connectivity index (χ2n) is 3.65. The molecular formula is C10H11N7. The predicted molar refractivity (Wildman–Crippen MR) is 63.1 cm³/mol. The summed E-state index contributed by atoms with van der Waals surface area (Å²) in [6.45, 7) is 1.93. The van der Waals surface area contributed by atoms with Gasteiger partial charge in [0.25, 0.3) is 0 Å². The van der Waals surface area contributed by atoms with Crippen molar-refractivity contribution < 1.29 is 0 Å². The van der Waals surface area contributed by atoms with Gasteiger partial charge in [-0.1, -0.05) is 0 Å². The highest BCUT2D eigenvalue weighted by Crippen LogP contribution is 2.18. The quantitative estimate of drug-likeness (QED) is 0.681. The van der Waals surface area contributed by atoms with E-state index >= 15 is 0 Å². The lowest BCUT2D eigenvalue weighted by molar-refractivity contribution is 0.837. The molecule has 0 atom stereocenters. The van der Waals surface area contributed by atoms with E-state index in [4.69, 9.17) is 0 Å². The lowest BCUT2D eigenvalue weighted by Gasteiger charge is -2.04. The fraction of sp³-hybridized carbons (Fsp3) is 0.200. The van der Waals surface area contributed by atoms with Gasteiger partial charge in [0.1, 0.15) is 0 Å². The highest BCUT2D eigenvalue weighted by molar-refractivity contribution is 5.82. The number of fused-ring (bicyclic) bond motifs is 1. The number of hydrogen-bond donors (Lipinski definition) is 2. The Balaban J connectivity index is 2.29. The Morgan fingerprint density at radius 3 is 2.94 bits per heavy atom. The molecular weight excluding hydrogens is 218 g/mol. The minimum absolute atomic E-state index is 0.532. The van der Waals surface area contributed by atoms with Crippen molar-refractivity contribution in [2.45, 2.75) is 6.92 Å². The summed E-state index contributed by atoms with van der Waals surface area (Å²) in [5, 5.41) is 14.9. The van der Waals surface area contributed by atoms with E-state index in [0.29, 0.717) is 17.4 Å². The summed E-state index contributed by atoms with van der Waals surface area (Å²) in [6.07, 6.45) is 3.56. The van der Waals surface area contributed by atoms with E-state index in [1.807, 2.05) is 19.2 Å². The van der Waals surface area contributed by atoms with Crippen LogP contribution in [0.5, 0.6) is 0 Å². The van der Waals surface area contributed by atoms with Crippen LogP contribution in [0.15, 0.2) is 18.5 Å². The Labute approximate surface area is 96.9 Å². The maximum atomic E-state index is 4.39. The van der Waals surface area contributed by atoms with E-state index in [9.17, 15) is 0 Å². The number of rotatable bonds is 2. The average molecular weight is 229 g/mol. The van der Waals surface area contributed by atoms with E-state index in [1.165, 1.54) is 0 Å². The Morgan fingerprint density at radius 2 is 2.24 bits per heavy atom. The summed E-state index contributed by atoms with van der Waals surface area (Å²) >= 11 is 0. The van der Waals surface area contributed by atoms with Gasteiger partial charge in [-0.25, -0.2) is 4.68 Å². The van der Waals surface area contributed by atoms with Gasteiger partial charge in [0.05, 0.1) is 17.3 Å². The average Bonchev–Trinajstić information content (AvgIpc) is 2.95. The molecule has 0 spiro atoms. The van der Waals surface area contributed by atoms with Gasteiger partial charge in [-0.2, -0.15) is 20.2 Å². The standard InChI is InChI=1S/C10H11N7/c1-6-3-4-17(16-6)9-7-5-12-15-8(7)13-10(11-2)14-9/h3-5H,1-2H3,(H2,11,12,13,14,15). The Hall–Kier alpha value is -2.44. The molecule has 3 aromatic rings. The van der Waals surface area contributed by atoms with Gasteiger partial charge in [0.2, 0.25) is 5.95 Å². The van der Waals surface area contributed by atoms with E-state index in [1.54, 1.807) is 17.9 Å². The van der Waals surface area contributed by atoms with E-state index < -0.39 is 0 Å². The predicted octanol–water partition coefficient (Wildman–Crippen LogP) is 0.889. The minimum atomic E-state index is 0.532. The number of nitrogens with zero attached hydrogens (tertiary/aromatic N) is 5. The van der Waals surface area contributed by atoms with Gasteiger partial charge in [-0.15, -0.1) is 0 Å². The number of aromatic amines is 1. The third kappa shape index (κ3) is 1.52. The van der Waals surface area contributed by atoms with Gasteiger partial charge < -0.3 is 5.32 Å². The molecule has 3 rings (SSSR count). The molecule has 0 fully saturated rings. The summed E-state index contributed by atoms with van der Waals surface area (Å²) < 4.78 is 1.72. The van der Waals surface area contributed by atoms with Crippen LogP contribution < -0.4 is 5.32 Å². The lowest BCUT2D eigenvalue weighted by Crippen LogP contribution is -2.04. The molecule has 7 heteroatoms. The number of anilines is 1. The summed E-state index contributed by atoms with van der Waals surface area (Å²) in [5.41, 5.74) is 1.62. The number of H-pyrrole nitrogens is 1. The molecule has 0 aliphatic rings. The second-order valence-corrected chi connectivity index (χ2v) is 3.65. The topological polar surface area (TPSA) is 84.3 Å². The summed E-state index contributed by atoms with van der Waals surface area (Å²) in [7, 11) is 1.77. The molecule has 86 valence electrons. The monoisotopic (exact) mass is 229 g/mol. The van der Waals surface area contributed by atoms with E-state index in [2.05, 4.69) is 30.6 Å².